The fourth-order valence-corrected chi connectivity index (χ4v) is 3.27. The monoisotopic (exact) mass is 319 g/mol. The van der Waals surface area contributed by atoms with Gasteiger partial charge in [-0.3, -0.25) is 9.78 Å². The lowest BCUT2D eigenvalue weighted by molar-refractivity contribution is 0.0991. The molecule has 0 aliphatic heterocycles. The molecular formula is C18H17N5O. The predicted octanol–water partition coefficient (Wildman–Crippen LogP) is 2.61. The van der Waals surface area contributed by atoms with E-state index < -0.39 is 5.91 Å². The van der Waals surface area contributed by atoms with Crippen LogP contribution in [0.2, 0.25) is 0 Å². The molecule has 1 unspecified atom stereocenters. The van der Waals surface area contributed by atoms with Crippen molar-refractivity contribution < 1.29 is 4.79 Å². The van der Waals surface area contributed by atoms with Crippen molar-refractivity contribution in [1.82, 2.24) is 15.0 Å². The zero-order valence-corrected chi connectivity index (χ0v) is 13.1. The number of carbonyl (C=O) groups is 1. The fourth-order valence-electron chi connectivity index (χ4n) is 3.27. The van der Waals surface area contributed by atoms with Crippen LogP contribution in [0.25, 0.3) is 10.9 Å². The van der Waals surface area contributed by atoms with Gasteiger partial charge in [-0.1, -0.05) is 24.3 Å². The Labute approximate surface area is 139 Å². The number of hydrogen-bond acceptors (Lipinski definition) is 5. The van der Waals surface area contributed by atoms with Crippen molar-refractivity contribution in [3.63, 3.8) is 0 Å². The molecule has 3 N–H and O–H groups in total. The molecule has 1 amide bonds. The van der Waals surface area contributed by atoms with Crippen LogP contribution in [0, 0.1) is 0 Å². The van der Waals surface area contributed by atoms with Gasteiger partial charge in [0, 0.05) is 11.6 Å². The van der Waals surface area contributed by atoms with Crippen molar-refractivity contribution in [3.8, 4) is 0 Å². The molecule has 1 aliphatic rings. The number of aromatic nitrogens is 3. The van der Waals surface area contributed by atoms with Crippen molar-refractivity contribution in [2.45, 2.75) is 25.3 Å². The Morgan fingerprint density at radius 2 is 2.08 bits per heavy atom. The maximum absolute atomic E-state index is 11.5. The third kappa shape index (κ3) is 2.56. The van der Waals surface area contributed by atoms with Gasteiger partial charge in [0.1, 0.15) is 5.82 Å². The zero-order chi connectivity index (χ0) is 16.5. The lowest BCUT2D eigenvalue weighted by Gasteiger charge is -2.27. The largest absolute Gasteiger partial charge is 0.363 e. The Hall–Kier alpha value is -3.02. The smallest absolute Gasteiger partial charge is 0.286 e. The second kappa shape index (κ2) is 5.88. The highest BCUT2D eigenvalue weighted by molar-refractivity contribution is 5.95. The summed E-state index contributed by atoms with van der Waals surface area (Å²) >= 11 is 0. The molecule has 120 valence electrons. The molecule has 0 saturated carbocycles. The zero-order valence-electron chi connectivity index (χ0n) is 13.1. The number of fused-ring (bicyclic) bond motifs is 2. The molecule has 1 atom stereocenters. The van der Waals surface area contributed by atoms with Crippen LogP contribution >= 0.6 is 0 Å². The Morgan fingerprint density at radius 3 is 2.96 bits per heavy atom. The van der Waals surface area contributed by atoms with E-state index in [-0.39, 0.29) is 11.9 Å². The van der Waals surface area contributed by atoms with Gasteiger partial charge >= 0.3 is 0 Å². The van der Waals surface area contributed by atoms with Gasteiger partial charge in [-0.05, 0) is 36.5 Å². The molecule has 24 heavy (non-hydrogen) atoms. The number of anilines is 1. The molecule has 1 aromatic carbocycles. The summed E-state index contributed by atoms with van der Waals surface area (Å²) in [5.41, 5.74) is 8.62. The molecule has 2 heterocycles. The van der Waals surface area contributed by atoms with E-state index in [1.165, 1.54) is 11.1 Å². The van der Waals surface area contributed by atoms with E-state index in [1.807, 2.05) is 6.07 Å². The van der Waals surface area contributed by atoms with Crippen LogP contribution in [-0.2, 0) is 6.42 Å². The Morgan fingerprint density at radius 1 is 1.21 bits per heavy atom. The Kier molecular flexibility index (Phi) is 3.57. The van der Waals surface area contributed by atoms with Crippen LogP contribution < -0.4 is 11.1 Å². The number of aryl methyl sites for hydroxylation is 1. The number of nitrogens with two attached hydrogens (primary N) is 1. The van der Waals surface area contributed by atoms with Crippen molar-refractivity contribution in [2.24, 2.45) is 5.73 Å². The molecule has 2 aromatic heterocycles. The number of amides is 1. The van der Waals surface area contributed by atoms with Crippen LogP contribution in [0.1, 0.15) is 40.6 Å². The van der Waals surface area contributed by atoms with E-state index in [9.17, 15) is 4.79 Å². The molecule has 4 rings (SSSR count). The first-order valence-corrected chi connectivity index (χ1v) is 7.98. The van der Waals surface area contributed by atoms with E-state index in [0.717, 1.165) is 24.6 Å². The summed E-state index contributed by atoms with van der Waals surface area (Å²) in [5, 5.41) is 4.32. The first kappa shape index (κ1) is 14.6. The molecule has 6 nitrogen and oxygen atoms in total. The number of hydrogen-bond donors (Lipinski definition) is 2. The topological polar surface area (TPSA) is 93.8 Å². The summed E-state index contributed by atoms with van der Waals surface area (Å²) in [6, 6.07) is 10.4. The number of pyridine rings is 1. The number of primary amides is 1. The minimum absolute atomic E-state index is 0.00194. The quantitative estimate of drug-likeness (QED) is 0.774. The van der Waals surface area contributed by atoms with Crippen molar-refractivity contribution in [3.05, 3.63) is 59.7 Å². The molecule has 3 aromatic rings. The lowest BCUT2D eigenvalue weighted by Crippen LogP contribution is -2.20. The third-order valence-corrected chi connectivity index (χ3v) is 4.40. The SMILES string of the molecule is NC(=O)c1nc(NC2CCCc3ccccc32)c2ccncc2n1. The van der Waals surface area contributed by atoms with Crippen LogP contribution in [0.5, 0.6) is 0 Å². The highest BCUT2D eigenvalue weighted by Crippen LogP contribution is 2.33. The molecule has 6 heteroatoms. The summed E-state index contributed by atoms with van der Waals surface area (Å²) in [6.07, 6.45) is 6.52. The predicted molar refractivity (Wildman–Crippen MR) is 91.6 cm³/mol. The van der Waals surface area contributed by atoms with E-state index in [4.69, 9.17) is 5.73 Å². The maximum atomic E-state index is 11.5. The van der Waals surface area contributed by atoms with Gasteiger partial charge in [0.2, 0.25) is 5.82 Å². The molecule has 0 bridgehead atoms. The second-order valence-electron chi connectivity index (χ2n) is 5.94. The van der Waals surface area contributed by atoms with Gasteiger partial charge in [0.25, 0.3) is 5.91 Å². The standard InChI is InChI=1S/C18H17N5O/c19-16(24)18-22-15-10-20-9-8-13(15)17(23-18)21-14-7-3-5-11-4-1-2-6-12(11)14/h1-2,4,6,8-10,14H,3,5,7H2,(H2,19,24)(H,21,22,23). The number of benzene rings is 1. The van der Waals surface area contributed by atoms with E-state index in [1.54, 1.807) is 12.4 Å². The summed E-state index contributed by atoms with van der Waals surface area (Å²) in [5.74, 6) is -0.0205. The summed E-state index contributed by atoms with van der Waals surface area (Å²) in [4.78, 5) is 24.1. The number of nitrogens with zero attached hydrogens (tertiary/aromatic N) is 3. The third-order valence-electron chi connectivity index (χ3n) is 4.40. The normalized spacial score (nSPS) is 16.6. The summed E-state index contributed by atoms with van der Waals surface area (Å²) in [6.45, 7) is 0. The van der Waals surface area contributed by atoms with Crippen molar-refractivity contribution >= 4 is 22.6 Å². The van der Waals surface area contributed by atoms with Crippen molar-refractivity contribution in [2.75, 3.05) is 5.32 Å². The van der Waals surface area contributed by atoms with Crippen molar-refractivity contribution in [1.29, 1.82) is 0 Å². The maximum Gasteiger partial charge on any atom is 0.286 e. The van der Waals surface area contributed by atoms with Crippen LogP contribution in [0.15, 0.2) is 42.7 Å². The molecule has 0 saturated heterocycles. The average Bonchev–Trinajstić information content (AvgIpc) is 2.62. The second-order valence-corrected chi connectivity index (χ2v) is 5.94. The minimum atomic E-state index is -0.646. The van der Waals surface area contributed by atoms with E-state index in [2.05, 4.69) is 44.5 Å². The summed E-state index contributed by atoms with van der Waals surface area (Å²) in [7, 11) is 0. The summed E-state index contributed by atoms with van der Waals surface area (Å²) < 4.78 is 0. The van der Waals surface area contributed by atoms with Crippen LogP contribution in [0.4, 0.5) is 5.82 Å². The van der Waals surface area contributed by atoms with Gasteiger partial charge in [-0.25, -0.2) is 9.97 Å². The Bertz CT molecular complexity index is 924. The lowest BCUT2D eigenvalue weighted by atomic mass is 9.88. The first-order valence-electron chi connectivity index (χ1n) is 7.98. The van der Waals surface area contributed by atoms with Gasteiger partial charge in [-0.15, -0.1) is 0 Å². The molecular weight excluding hydrogens is 302 g/mol. The highest BCUT2D eigenvalue weighted by Gasteiger charge is 2.21. The number of rotatable bonds is 3. The molecule has 0 radical (unpaired) electrons. The highest BCUT2D eigenvalue weighted by atomic mass is 16.1. The first-order chi connectivity index (χ1) is 11.7. The number of nitrogens with one attached hydrogen (secondary N) is 1. The van der Waals surface area contributed by atoms with Gasteiger partial charge in [0.05, 0.1) is 17.8 Å². The average molecular weight is 319 g/mol. The molecule has 1 aliphatic carbocycles. The Balaban J connectivity index is 1.79. The van der Waals surface area contributed by atoms with Crippen LogP contribution in [0.3, 0.4) is 0 Å². The fraction of sp³-hybridized carbons (Fsp3) is 0.222. The van der Waals surface area contributed by atoms with Gasteiger partial charge < -0.3 is 11.1 Å². The van der Waals surface area contributed by atoms with Gasteiger partial charge in [-0.2, -0.15) is 0 Å². The van der Waals surface area contributed by atoms with E-state index >= 15 is 0 Å². The molecule has 0 spiro atoms. The number of carbonyl (C=O) groups excluding carboxylic acids is 1. The van der Waals surface area contributed by atoms with Gasteiger partial charge in [0.15, 0.2) is 0 Å². The van der Waals surface area contributed by atoms with E-state index in [0.29, 0.717) is 11.3 Å². The van der Waals surface area contributed by atoms with Crippen LogP contribution in [-0.4, -0.2) is 20.9 Å². The minimum Gasteiger partial charge on any atom is -0.363 e. The molecule has 0 fully saturated rings.